The van der Waals surface area contributed by atoms with Crippen molar-refractivity contribution in [3.63, 3.8) is 0 Å². The molecule has 0 unspecified atom stereocenters. The predicted molar refractivity (Wildman–Crippen MR) is 130 cm³/mol. The Morgan fingerprint density at radius 3 is 1.32 bits per heavy atom. The van der Waals surface area contributed by atoms with Gasteiger partial charge in [0, 0.05) is 14.2 Å². The highest BCUT2D eigenvalue weighted by Gasteiger charge is 2.54. The van der Waals surface area contributed by atoms with Crippen LogP contribution >= 0.6 is 0 Å². The molecule has 0 spiro atoms. The van der Waals surface area contributed by atoms with E-state index < -0.39 is 14.4 Å². The van der Waals surface area contributed by atoms with E-state index in [1.807, 2.05) is 14.2 Å². The van der Waals surface area contributed by atoms with Gasteiger partial charge in [-0.25, -0.2) is 0 Å². The van der Waals surface area contributed by atoms with E-state index in [0.717, 1.165) is 51.4 Å². The van der Waals surface area contributed by atoms with Gasteiger partial charge in [-0.15, -0.1) is 0 Å². The lowest BCUT2D eigenvalue weighted by atomic mass is 9.70. The molecule has 0 amide bonds. The second-order valence-electron chi connectivity index (χ2n) is 9.65. The summed E-state index contributed by atoms with van der Waals surface area (Å²) in [6, 6.07) is 0. The highest BCUT2D eigenvalue weighted by Crippen LogP contribution is 2.50. The summed E-state index contributed by atoms with van der Waals surface area (Å²) in [5.41, 5.74) is 4.02. The van der Waals surface area contributed by atoms with Gasteiger partial charge < -0.3 is 13.3 Å². The Hall–Kier alpha value is -0.943. The van der Waals surface area contributed by atoms with Gasteiger partial charge in [-0.05, 0) is 125 Å². The Morgan fingerprint density at radius 1 is 0.581 bits per heavy atom. The lowest BCUT2D eigenvalue weighted by Gasteiger charge is -2.48. The lowest BCUT2D eigenvalue weighted by Crippen LogP contribution is -2.56. The van der Waals surface area contributed by atoms with Gasteiger partial charge in [-0.3, -0.25) is 0 Å². The van der Waals surface area contributed by atoms with Gasteiger partial charge in [0.05, 0.1) is 0 Å². The summed E-state index contributed by atoms with van der Waals surface area (Å²) in [5.74, 6) is 0. The summed E-state index contributed by atoms with van der Waals surface area (Å²) in [7, 11) is 0.639. The van der Waals surface area contributed by atoms with Crippen molar-refractivity contribution in [2.45, 2.75) is 108 Å². The van der Waals surface area contributed by atoms with Crippen molar-refractivity contribution in [1.82, 2.24) is 0 Å². The average Bonchev–Trinajstić information content (AvgIpc) is 2.87. The topological polar surface area (TPSA) is 27.7 Å². The van der Waals surface area contributed by atoms with Gasteiger partial charge in [0.2, 0.25) is 0 Å². The molecule has 0 saturated heterocycles. The number of hydrogen-bond donors (Lipinski definition) is 0. The zero-order chi connectivity index (χ0) is 21.6. The second kappa shape index (κ2) is 10.8. The van der Waals surface area contributed by atoms with E-state index >= 15 is 0 Å². The van der Waals surface area contributed by atoms with Crippen molar-refractivity contribution in [2.75, 3.05) is 14.2 Å². The minimum atomic E-state index is -2.99. The van der Waals surface area contributed by atoms with Crippen molar-refractivity contribution in [3.8, 4) is 0 Å². The van der Waals surface area contributed by atoms with Crippen LogP contribution in [0.2, 0.25) is 0 Å². The highest BCUT2D eigenvalue weighted by molar-refractivity contribution is 6.69. The molecule has 0 saturated carbocycles. The SMILES string of the molecule is CO[Si](OC)(OC(C1=CCCCC1)(C1=CCCCC1)C1=CCCCC1)C1=CCCCC1. The summed E-state index contributed by atoms with van der Waals surface area (Å²) >= 11 is 0. The molecule has 0 bridgehead atoms. The van der Waals surface area contributed by atoms with Crippen LogP contribution in [0, 0.1) is 0 Å². The maximum atomic E-state index is 7.50. The van der Waals surface area contributed by atoms with Crippen LogP contribution in [0.4, 0.5) is 0 Å². The third-order valence-electron chi connectivity index (χ3n) is 7.74. The molecular formula is C27H42O3Si. The molecule has 0 atom stereocenters. The van der Waals surface area contributed by atoms with Crippen molar-refractivity contribution < 1.29 is 13.3 Å². The van der Waals surface area contributed by atoms with Crippen molar-refractivity contribution in [2.24, 2.45) is 0 Å². The molecule has 0 heterocycles. The Balaban J connectivity index is 1.87. The molecule has 4 aliphatic carbocycles. The fraction of sp³-hybridized carbons (Fsp3) is 0.704. The maximum Gasteiger partial charge on any atom is 0.533 e. The first-order valence-corrected chi connectivity index (χ1v) is 14.6. The molecule has 0 fully saturated rings. The smallest absolute Gasteiger partial charge is 0.374 e. The summed E-state index contributed by atoms with van der Waals surface area (Å²) in [6.45, 7) is 0. The third-order valence-corrected chi connectivity index (χ3v) is 10.6. The molecule has 0 N–H and O–H groups in total. The van der Waals surface area contributed by atoms with E-state index in [2.05, 4.69) is 24.3 Å². The molecular weight excluding hydrogens is 400 g/mol. The van der Waals surface area contributed by atoms with Crippen LogP contribution in [0.3, 0.4) is 0 Å². The van der Waals surface area contributed by atoms with Crippen LogP contribution in [0.25, 0.3) is 0 Å². The van der Waals surface area contributed by atoms with Gasteiger partial charge in [-0.1, -0.05) is 24.3 Å². The van der Waals surface area contributed by atoms with E-state index in [1.54, 1.807) is 0 Å². The number of hydrogen-bond acceptors (Lipinski definition) is 3. The fourth-order valence-electron chi connectivity index (χ4n) is 6.10. The Morgan fingerprint density at radius 2 is 1.00 bits per heavy atom. The summed E-state index contributed by atoms with van der Waals surface area (Å²) in [5, 5.41) is 1.30. The second-order valence-corrected chi connectivity index (χ2v) is 12.4. The van der Waals surface area contributed by atoms with E-state index in [4.69, 9.17) is 13.3 Å². The zero-order valence-electron chi connectivity index (χ0n) is 19.8. The molecule has 31 heavy (non-hydrogen) atoms. The summed E-state index contributed by atoms with van der Waals surface area (Å²) in [4.78, 5) is 0. The van der Waals surface area contributed by atoms with Crippen LogP contribution in [0.5, 0.6) is 0 Å². The third kappa shape index (κ3) is 4.73. The van der Waals surface area contributed by atoms with E-state index in [0.29, 0.717) is 0 Å². The van der Waals surface area contributed by atoms with Crippen LogP contribution in [-0.4, -0.2) is 28.6 Å². The van der Waals surface area contributed by atoms with Gasteiger partial charge in [0.15, 0.2) is 0 Å². The number of allylic oxidation sites excluding steroid dienone is 5. The van der Waals surface area contributed by atoms with Crippen LogP contribution in [0.1, 0.15) is 103 Å². The minimum Gasteiger partial charge on any atom is -0.374 e. The molecule has 0 aromatic carbocycles. The molecule has 4 heteroatoms. The van der Waals surface area contributed by atoms with E-state index in [9.17, 15) is 0 Å². The van der Waals surface area contributed by atoms with Crippen molar-refractivity contribution in [1.29, 1.82) is 0 Å². The van der Waals surface area contributed by atoms with Crippen LogP contribution in [0.15, 0.2) is 46.2 Å². The Kier molecular flexibility index (Phi) is 8.08. The molecule has 4 rings (SSSR count). The first-order valence-electron chi connectivity index (χ1n) is 12.8. The lowest BCUT2D eigenvalue weighted by molar-refractivity contribution is 0.0434. The average molecular weight is 443 g/mol. The van der Waals surface area contributed by atoms with Gasteiger partial charge in [0.1, 0.15) is 5.60 Å². The Bertz CT molecular complexity index is 677. The normalized spacial score (nSPS) is 23.5. The maximum absolute atomic E-state index is 7.50. The molecule has 0 radical (unpaired) electrons. The molecule has 0 aliphatic heterocycles. The zero-order valence-corrected chi connectivity index (χ0v) is 20.8. The van der Waals surface area contributed by atoms with Crippen molar-refractivity contribution >= 4 is 8.80 Å². The molecule has 0 aromatic heterocycles. The van der Waals surface area contributed by atoms with Gasteiger partial charge in [-0.2, -0.15) is 0 Å². The minimum absolute atomic E-state index is 0.447. The molecule has 172 valence electrons. The highest BCUT2D eigenvalue weighted by atomic mass is 28.4. The standard InChI is InChI=1S/C27H42O3Si/c1-28-31(29-2,26-21-13-6-14-22-26)30-27(23-15-7-3-8-16-23,24-17-9-4-10-18-24)25-19-11-5-12-20-25/h15,17,19,21H,3-14,16,18,20,22H2,1-2H3. The fourth-order valence-corrected chi connectivity index (χ4v) is 8.76. The van der Waals surface area contributed by atoms with E-state index in [-0.39, 0.29) is 0 Å². The first-order chi connectivity index (χ1) is 15.2. The quantitative estimate of drug-likeness (QED) is 0.287. The van der Waals surface area contributed by atoms with Gasteiger partial charge >= 0.3 is 8.80 Å². The van der Waals surface area contributed by atoms with E-state index in [1.165, 1.54) is 73.3 Å². The van der Waals surface area contributed by atoms with Gasteiger partial charge in [0.25, 0.3) is 0 Å². The molecule has 3 nitrogen and oxygen atoms in total. The summed E-state index contributed by atoms with van der Waals surface area (Å²) < 4.78 is 20.1. The molecule has 0 aromatic rings. The van der Waals surface area contributed by atoms with Crippen molar-refractivity contribution in [3.05, 3.63) is 46.2 Å². The largest absolute Gasteiger partial charge is 0.533 e. The van der Waals surface area contributed by atoms with Crippen LogP contribution < -0.4 is 0 Å². The predicted octanol–water partition coefficient (Wildman–Crippen LogP) is 7.51. The van der Waals surface area contributed by atoms with Crippen LogP contribution in [-0.2, 0) is 13.3 Å². The number of rotatable bonds is 8. The Labute approximate surface area is 191 Å². The monoisotopic (exact) mass is 442 g/mol. The first kappa shape index (κ1) is 23.2. The molecule has 4 aliphatic rings. The summed E-state index contributed by atoms with van der Waals surface area (Å²) in [6.07, 6.45) is 29.0.